The van der Waals surface area contributed by atoms with Gasteiger partial charge in [0, 0.05) is 5.02 Å². The second-order valence-corrected chi connectivity index (χ2v) is 9.43. The second-order valence-electron chi connectivity index (χ2n) is 8.99. The van der Waals surface area contributed by atoms with Gasteiger partial charge in [0.2, 0.25) is 0 Å². The van der Waals surface area contributed by atoms with Crippen LogP contribution in [0.1, 0.15) is 101 Å². The van der Waals surface area contributed by atoms with Gasteiger partial charge >= 0.3 is 5.97 Å². The number of carbonyl (C=O) groups is 1. The van der Waals surface area contributed by atoms with E-state index in [1.165, 1.54) is 70.6 Å². The molecule has 0 saturated carbocycles. The number of halogens is 1. The van der Waals surface area contributed by atoms with Crippen molar-refractivity contribution >= 4 is 17.6 Å². The molecule has 0 amide bonds. The van der Waals surface area contributed by atoms with Crippen LogP contribution in [0.4, 0.5) is 0 Å². The first-order valence-electron chi connectivity index (χ1n) is 13.5. The van der Waals surface area contributed by atoms with Gasteiger partial charge in [-0.1, -0.05) is 82.2 Å². The fraction of sp³-hybridized carbons (Fsp3) is 0.567. The Hall–Kier alpha value is -2.20. The summed E-state index contributed by atoms with van der Waals surface area (Å²) in [5, 5.41) is 0.747. The molecule has 35 heavy (non-hydrogen) atoms. The molecule has 0 bridgehead atoms. The van der Waals surface area contributed by atoms with Crippen LogP contribution in [0.3, 0.4) is 0 Å². The van der Waals surface area contributed by atoms with Crippen molar-refractivity contribution in [2.45, 2.75) is 90.4 Å². The van der Waals surface area contributed by atoms with Gasteiger partial charge in [-0.15, -0.1) is 0 Å². The van der Waals surface area contributed by atoms with Crippen LogP contribution < -0.4 is 9.47 Å². The first-order valence-corrected chi connectivity index (χ1v) is 13.8. The van der Waals surface area contributed by atoms with Gasteiger partial charge in [-0.3, -0.25) is 0 Å². The number of rotatable bonds is 20. The highest BCUT2D eigenvalue weighted by Gasteiger charge is 2.05. The summed E-state index contributed by atoms with van der Waals surface area (Å²) in [6.07, 6.45) is 16.7. The summed E-state index contributed by atoms with van der Waals surface area (Å²) in [7, 11) is 0. The van der Waals surface area contributed by atoms with E-state index in [0.29, 0.717) is 12.2 Å². The molecule has 0 aliphatic rings. The SMILES string of the molecule is CCOC(=O)c1ccc(OCCCCCCCCCCCCCCCOc2ccc(Cl)cc2)cc1. The van der Waals surface area contributed by atoms with Crippen molar-refractivity contribution in [1.29, 1.82) is 0 Å². The van der Waals surface area contributed by atoms with Crippen LogP contribution in [0.25, 0.3) is 0 Å². The van der Waals surface area contributed by atoms with Gasteiger partial charge in [0.25, 0.3) is 0 Å². The third-order valence-corrected chi connectivity index (χ3v) is 6.26. The van der Waals surface area contributed by atoms with Gasteiger partial charge < -0.3 is 14.2 Å². The molecule has 2 aromatic rings. The first kappa shape index (κ1) is 29.0. The maximum Gasteiger partial charge on any atom is 0.338 e. The Morgan fingerprint density at radius 1 is 0.600 bits per heavy atom. The van der Waals surface area contributed by atoms with Crippen LogP contribution in [0.15, 0.2) is 48.5 Å². The number of hydrogen-bond donors (Lipinski definition) is 0. The summed E-state index contributed by atoms with van der Waals surface area (Å²) in [6.45, 7) is 3.72. The topological polar surface area (TPSA) is 44.8 Å². The van der Waals surface area contributed by atoms with E-state index in [1.807, 2.05) is 43.3 Å². The number of hydrogen-bond acceptors (Lipinski definition) is 4. The molecule has 194 valence electrons. The number of ether oxygens (including phenoxy) is 3. The Balaban J connectivity index is 1.30. The molecule has 0 saturated heterocycles. The standard InChI is InChI=1S/C30H43ClO4/c1-2-33-30(32)26-16-20-28(21-17-26)34-24-14-12-10-8-6-4-3-5-7-9-11-13-15-25-35-29-22-18-27(31)19-23-29/h16-23H,2-15,24-25H2,1H3. The lowest BCUT2D eigenvalue weighted by atomic mass is 10.0. The van der Waals surface area contributed by atoms with Gasteiger partial charge in [-0.2, -0.15) is 0 Å². The molecule has 0 unspecified atom stereocenters. The molecule has 0 radical (unpaired) electrons. The van der Waals surface area contributed by atoms with Crippen LogP contribution in [0.5, 0.6) is 11.5 Å². The lowest BCUT2D eigenvalue weighted by Crippen LogP contribution is -2.04. The van der Waals surface area contributed by atoms with E-state index in [4.69, 9.17) is 25.8 Å². The quantitative estimate of drug-likeness (QED) is 0.134. The molecule has 2 aromatic carbocycles. The van der Waals surface area contributed by atoms with E-state index in [1.54, 1.807) is 12.1 Å². The average molecular weight is 503 g/mol. The largest absolute Gasteiger partial charge is 0.494 e. The number of esters is 1. The Labute approximate surface area is 217 Å². The summed E-state index contributed by atoms with van der Waals surface area (Å²) < 4.78 is 16.5. The van der Waals surface area contributed by atoms with Gasteiger partial charge in [0.1, 0.15) is 11.5 Å². The summed E-state index contributed by atoms with van der Waals surface area (Å²) in [4.78, 5) is 11.6. The molecule has 0 N–H and O–H groups in total. The number of benzene rings is 2. The van der Waals surface area contributed by atoms with E-state index >= 15 is 0 Å². The van der Waals surface area contributed by atoms with Crippen molar-refractivity contribution in [3.05, 3.63) is 59.1 Å². The fourth-order valence-corrected chi connectivity index (χ4v) is 4.09. The average Bonchev–Trinajstić information content (AvgIpc) is 2.87. The molecule has 0 aromatic heterocycles. The predicted molar refractivity (Wildman–Crippen MR) is 145 cm³/mol. The maximum absolute atomic E-state index is 11.6. The van der Waals surface area contributed by atoms with Crippen molar-refractivity contribution in [3.63, 3.8) is 0 Å². The molecule has 0 aliphatic heterocycles. The molecule has 0 spiro atoms. The fourth-order valence-electron chi connectivity index (χ4n) is 3.96. The van der Waals surface area contributed by atoms with Gasteiger partial charge in [0.05, 0.1) is 25.4 Å². The molecule has 0 fully saturated rings. The zero-order valence-electron chi connectivity index (χ0n) is 21.4. The number of unbranched alkanes of at least 4 members (excludes halogenated alkanes) is 12. The maximum atomic E-state index is 11.6. The molecule has 0 heterocycles. The summed E-state index contributed by atoms with van der Waals surface area (Å²) in [6, 6.07) is 14.8. The highest BCUT2D eigenvalue weighted by atomic mass is 35.5. The summed E-state index contributed by atoms with van der Waals surface area (Å²) in [5.74, 6) is 1.43. The lowest BCUT2D eigenvalue weighted by Gasteiger charge is -2.07. The Kier molecular flexibility index (Phi) is 15.8. The minimum atomic E-state index is -0.286. The minimum absolute atomic E-state index is 0.286. The van der Waals surface area contributed by atoms with E-state index in [2.05, 4.69) is 0 Å². The predicted octanol–water partition coefficient (Wildman–Crippen LogP) is 9.05. The third kappa shape index (κ3) is 14.1. The van der Waals surface area contributed by atoms with Crippen LogP contribution in [0, 0.1) is 0 Å². The molecule has 0 atom stereocenters. The Morgan fingerprint density at radius 2 is 0.971 bits per heavy atom. The van der Waals surface area contributed by atoms with Crippen molar-refractivity contribution in [2.24, 2.45) is 0 Å². The molecule has 4 nitrogen and oxygen atoms in total. The van der Waals surface area contributed by atoms with E-state index in [0.717, 1.165) is 42.6 Å². The molecule has 5 heteroatoms. The first-order chi connectivity index (χ1) is 17.2. The van der Waals surface area contributed by atoms with E-state index in [9.17, 15) is 4.79 Å². The highest BCUT2D eigenvalue weighted by molar-refractivity contribution is 6.30. The zero-order chi connectivity index (χ0) is 25.0. The lowest BCUT2D eigenvalue weighted by molar-refractivity contribution is 0.0526. The second kappa shape index (κ2) is 19.0. The van der Waals surface area contributed by atoms with Crippen LogP contribution >= 0.6 is 11.6 Å². The molecular weight excluding hydrogens is 460 g/mol. The van der Waals surface area contributed by atoms with Crippen molar-refractivity contribution in [2.75, 3.05) is 19.8 Å². The summed E-state index contributed by atoms with van der Waals surface area (Å²) >= 11 is 5.88. The van der Waals surface area contributed by atoms with Crippen molar-refractivity contribution < 1.29 is 19.0 Å². The monoisotopic (exact) mass is 502 g/mol. The normalized spacial score (nSPS) is 10.8. The summed E-state index contributed by atoms with van der Waals surface area (Å²) in [5.41, 5.74) is 0.565. The number of carbonyl (C=O) groups excluding carboxylic acids is 1. The zero-order valence-corrected chi connectivity index (χ0v) is 22.2. The van der Waals surface area contributed by atoms with Gasteiger partial charge in [-0.05, 0) is 68.3 Å². The van der Waals surface area contributed by atoms with E-state index in [-0.39, 0.29) is 5.97 Å². The van der Waals surface area contributed by atoms with Crippen LogP contribution in [-0.2, 0) is 4.74 Å². The smallest absolute Gasteiger partial charge is 0.338 e. The van der Waals surface area contributed by atoms with Crippen molar-refractivity contribution in [3.8, 4) is 11.5 Å². The third-order valence-electron chi connectivity index (χ3n) is 6.01. The van der Waals surface area contributed by atoms with E-state index < -0.39 is 0 Å². The van der Waals surface area contributed by atoms with Crippen LogP contribution in [-0.4, -0.2) is 25.8 Å². The molecular formula is C30H43ClO4. The minimum Gasteiger partial charge on any atom is -0.494 e. The van der Waals surface area contributed by atoms with Gasteiger partial charge in [-0.25, -0.2) is 4.79 Å². The molecule has 2 rings (SSSR count). The Morgan fingerprint density at radius 3 is 1.37 bits per heavy atom. The van der Waals surface area contributed by atoms with Crippen molar-refractivity contribution in [1.82, 2.24) is 0 Å². The highest BCUT2D eigenvalue weighted by Crippen LogP contribution is 2.17. The van der Waals surface area contributed by atoms with Gasteiger partial charge in [0.15, 0.2) is 0 Å². The Bertz CT molecular complexity index is 789. The van der Waals surface area contributed by atoms with Crippen LogP contribution in [0.2, 0.25) is 5.02 Å². The molecule has 0 aliphatic carbocycles.